The van der Waals surface area contributed by atoms with Crippen LogP contribution in [0.1, 0.15) is 33.6 Å². The number of cyclic esters (lactones) is 1. The Morgan fingerprint density at radius 2 is 2.29 bits per heavy atom. The Morgan fingerprint density at radius 1 is 1.65 bits per heavy atom. The monoisotopic (exact) mass is 241 g/mol. The van der Waals surface area contributed by atoms with E-state index < -0.39 is 6.03 Å². The van der Waals surface area contributed by atoms with E-state index in [1.807, 2.05) is 0 Å². The molecule has 0 aromatic carbocycles. The highest BCUT2D eigenvalue weighted by Crippen LogP contribution is 2.27. The minimum absolute atomic E-state index is 0.0706. The minimum atomic E-state index is -0.729. The van der Waals surface area contributed by atoms with Crippen LogP contribution in [0.5, 0.6) is 0 Å². The lowest BCUT2D eigenvalue weighted by Crippen LogP contribution is -2.28. The molecule has 2 amide bonds. The highest BCUT2D eigenvalue weighted by Gasteiger charge is 2.36. The van der Waals surface area contributed by atoms with Crippen molar-refractivity contribution in [2.45, 2.75) is 39.7 Å². The molecule has 0 unspecified atom stereocenters. The second-order valence-electron chi connectivity index (χ2n) is 4.72. The smallest absolute Gasteiger partial charge is 0.332 e. The van der Waals surface area contributed by atoms with Crippen molar-refractivity contribution in [3.8, 4) is 0 Å². The molecular formula is C11H19N3O3. The summed E-state index contributed by atoms with van der Waals surface area (Å²) < 4.78 is 5.21. The van der Waals surface area contributed by atoms with Crippen LogP contribution < -0.4 is 11.2 Å². The molecule has 1 rings (SSSR count). The van der Waals surface area contributed by atoms with Crippen LogP contribution >= 0.6 is 0 Å². The maximum absolute atomic E-state index is 11.6. The maximum atomic E-state index is 11.6. The third-order valence-electron chi connectivity index (χ3n) is 2.65. The number of hydrazone groups is 1. The number of urea groups is 1. The summed E-state index contributed by atoms with van der Waals surface area (Å²) in [6.45, 7) is 5.83. The predicted molar refractivity (Wildman–Crippen MR) is 63.3 cm³/mol. The van der Waals surface area contributed by atoms with Gasteiger partial charge in [0.05, 0.1) is 11.6 Å². The average Bonchev–Trinajstić information content (AvgIpc) is 2.56. The van der Waals surface area contributed by atoms with Crippen LogP contribution in [0.2, 0.25) is 0 Å². The van der Waals surface area contributed by atoms with Crippen molar-refractivity contribution < 1.29 is 14.3 Å². The van der Waals surface area contributed by atoms with Crippen LogP contribution in [0.3, 0.4) is 0 Å². The van der Waals surface area contributed by atoms with E-state index in [1.54, 1.807) is 6.92 Å². The van der Waals surface area contributed by atoms with Crippen LogP contribution in [-0.4, -0.2) is 23.8 Å². The molecule has 0 aromatic rings. The van der Waals surface area contributed by atoms with E-state index in [4.69, 9.17) is 10.5 Å². The summed E-state index contributed by atoms with van der Waals surface area (Å²) in [7, 11) is 0. The maximum Gasteiger partial charge on any atom is 0.332 e. The molecule has 1 aliphatic heterocycles. The number of nitrogens with one attached hydrogen (secondary N) is 1. The van der Waals surface area contributed by atoms with E-state index in [-0.39, 0.29) is 18.0 Å². The summed E-state index contributed by atoms with van der Waals surface area (Å²) in [5.41, 5.74) is 7.58. The Bertz CT molecular complexity index is 339. The molecule has 1 fully saturated rings. The summed E-state index contributed by atoms with van der Waals surface area (Å²) in [5, 5.41) is 3.77. The third-order valence-corrected chi connectivity index (χ3v) is 2.65. The van der Waals surface area contributed by atoms with Gasteiger partial charge in [0.15, 0.2) is 0 Å². The van der Waals surface area contributed by atoms with Gasteiger partial charge in [-0.1, -0.05) is 13.8 Å². The molecule has 0 radical (unpaired) electrons. The molecule has 0 bridgehead atoms. The first-order valence-electron chi connectivity index (χ1n) is 5.70. The van der Waals surface area contributed by atoms with Crippen molar-refractivity contribution in [2.75, 3.05) is 0 Å². The van der Waals surface area contributed by atoms with Crippen LogP contribution in [0.25, 0.3) is 0 Å². The molecular weight excluding hydrogens is 222 g/mol. The van der Waals surface area contributed by atoms with Crippen molar-refractivity contribution in [2.24, 2.45) is 22.7 Å². The minimum Gasteiger partial charge on any atom is -0.456 e. The molecule has 0 spiro atoms. The van der Waals surface area contributed by atoms with Crippen LogP contribution in [0.15, 0.2) is 5.10 Å². The quantitative estimate of drug-likeness (QED) is 0.437. The van der Waals surface area contributed by atoms with Gasteiger partial charge in [0, 0.05) is 6.42 Å². The number of ether oxygens (including phenoxy) is 1. The standard InChI is InChI=1S/C11H19N3O3/c1-6(2)4-8-5-9(17-10(8)15)7(3)13-14-11(12)16/h6,8-9H,4-5H2,1-3H3,(H3,12,14,16)/b13-7-/t8-,9+/m1/s1. The Morgan fingerprint density at radius 3 is 2.82 bits per heavy atom. The van der Waals surface area contributed by atoms with Gasteiger partial charge in [-0.25, -0.2) is 10.2 Å². The number of nitrogens with zero attached hydrogens (tertiary/aromatic N) is 1. The number of carbonyl (C=O) groups excluding carboxylic acids is 2. The zero-order valence-electron chi connectivity index (χ0n) is 10.4. The molecule has 1 saturated heterocycles. The number of nitrogens with two attached hydrogens (primary N) is 1. The van der Waals surface area contributed by atoms with E-state index in [2.05, 4.69) is 24.4 Å². The number of rotatable bonds is 4. The number of carbonyl (C=O) groups is 2. The molecule has 0 saturated carbocycles. The molecule has 17 heavy (non-hydrogen) atoms. The summed E-state index contributed by atoms with van der Waals surface area (Å²) in [5.74, 6) is 0.198. The van der Waals surface area contributed by atoms with Crippen molar-refractivity contribution in [1.82, 2.24) is 5.43 Å². The van der Waals surface area contributed by atoms with E-state index in [0.717, 1.165) is 6.42 Å². The average molecular weight is 241 g/mol. The van der Waals surface area contributed by atoms with E-state index in [1.165, 1.54) is 0 Å². The Hall–Kier alpha value is -1.59. The molecule has 0 aromatic heterocycles. The van der Waals surface area contributed by atoms with Gasteiger partial charge in [0.25, 0.3) is 0 Å². The predicted octanol–water partition coefficient (Wildman–Crippen LogP) is 1.01. The molecule has 6 heteroatoms. The molecule has 0 aliphatic carbocycles. The number of primary amides is 1. The van der Waals surface area contributed by atoms with Gasteiger partial charge in [0.2, 0.25) is 0 Å². The molecule has 6 nitrogen and oxygen atoms in total. The number of esters is 1. The molecule has 1 heterocycles. The van der Waals surface area contributed by atoms with E-state index in [9.17, 15) is 9.59 Å². The van der Waals surface area contributed by atoms with Crippen molar-refractivity contribution in [3.05, 3.63) is 0 Å². The SMILES string of the molecule is C/C(=N/NC(N)=O)[C@@H]1C[C@@H](CC(C)C)C(=O)O1. The fraction of sp³-hybridized carbons (Fsp3) is 0.727. The van der Waals surface area contributed by atoms with Gasteiger partial charge in [-0.05, 0) is 19.3 Å². The highest BCUT2D eigenvalue weighted by molar-refractivity contribution is 5.91. The second-order valence-corrected chi connectivity index (χ2v) is 4.72. The van der Waals surface area contributed by atoms with Crippen molar-refractivity contribution in [3.63, 3.8) is 0 Å². The Balaban J connectivity index is 2.56. The fourth-order valence-corrected chi connectivity index (χ4v) is 1.87. The van der Waals surface area contributed by atoms with Gasteiger partial charge in [0.1, 0.15) is 6.10 Å². The van der Waals surface area contributed by atoms with Gasteiger partial charge >= 0.3 is 12.0 Å². The molecule has 3 N–H and O–H groups in total. The molecule has 1 aliphatic rings. The first-order valence-corrected chi connectivity index (χ1v) is 5.70. The van der Waals surface area contributed by atoms with Gasteiger partial charge < -0.3 is 10.5 Å². The summed E-state index contributed by atoms with van der Waals surface area (Å²) in [6.07, 6.45) is 1.08. The van der Waals surface area contributed by atoms with Crippen molar-refractivity contribution in [1.29, 1.82) is 0 Å². The lowest BCUT2D eigenvalue weighted by atomic mass is 9.93. The largest absolute Gasteiger partial charge is 0.456 e. The van der Waals surface area contributed by atoms with Crippen LogP contribution in [0, 0.1) is 11.8 Å². The topological polar surface area (TPSA) is 93.8 Å². The van der Waals surface area contributed by atoms with Crippen LogP contribution in [-0.2, 0) is 9.53 Å². The second kappa shape index (κ2) is 5.65. The van der Waals surface area contributed by atoms with E-state index >= 15 is 0 Å². The van der Waals surface area contributed by atoms with Gasteiger partial charge in [-0.3, -0.25) is 4.79 Å². The lowest BCUT2D eigenvalue weighted by molar-refractivity contribution is -0.143. The highest BCUT2D eigenvalue weighted by atomic mass is 16.6. The molecule has 2 atom stereocenters. The Labute approximate surface area is 101 Å². The van der Waals surface area contributed by atoms with E-state index in [0.29, 0.717) is 18.1 Å². The summed E-state index contributed by atoms with van der Waals surface area (Å²) in [6, 6.07) is -0.729. The van der Waals surface area contributed by atoms with Gasteiger partial charge in [-0.2, -0.15) is 5.10 Å². The first kappa shape index (κ1) is 13.5. The molecule has 96 valence electrons. The summed E-state index contributed by atoms with van der Waals surface area (Å²) >= 11 is 0. The summed E-state index contributed by atoms with van der Waals surface area (Å²) in [4.78, 5) is 22.1. The zero-order chi connectivity index (χ0) is 13.0. The number of amides is 2. The lowest BCUT2D eigenvalue weighted by Gasteiger charge is -2.08. The number of hydrogen-bond donors (Lipinski definition) is 2. The third kappa shape index (κ3) is 4.05. The normalized spacial score (nSPS) is 24.9. The van der Waals surface area contributed by atoms with Gasteiger partial charge in [-0.15, -0.1) is 0 Å². The Kier molecular flexibility index (Phi) is 4.48. The van der Waals surface area contributed by atoms with Crippen molar-refractivity contribution >= 4 is 17.7 Å². The fourth-order valence-electron chi connectivity index (χ4n) is 1.87. The first-order chi connectivity index (χ1) is 7.90. The number of hydrogen-bond acceptors (Lipinski definition) is 4. The zero-order valence-corrected chi connectivity index (χ0v) is 10.4. The van der Waals surface area contributed by atoms with Crippen LogP contribution in [0.4, 0.5) is 4.79 Å².